The molecular formula is C38H51N7O7. The number of hydrogen-bond acceptors (Lipinski definition) is 11. The minimum absolute atomic E-state index is 0.122. The second kappa shape index (κ2) is 20.3. The van der Waals surface area contributed by atoms with Gasteiger partial charge < -0.3 is 36.3 Å². The molecule has 3 aromatic carbocycles. The monoisotopic (exact) mass is 717 g/mol. The van der Waals surface area contributed by atoms with E-state index in [1.807, 2.05) is 75.4 Å². The molecule has 0 aliphatic heterocycles. The molecule has 52 heavy (non-hydrogen) atoms. The summed E-state index contributed by atoms with van der Waals surface area (Å²) >= 11 is 0. The third-order valence-corrected chi connectivity index (χ3v) is 8.23. The molecule has 3 amide bonds. The summed E-state index contributed by atoms with van der Waals surface area (Å²) in [4.78, 5) is 45.4. The van der Waals surface area contributed by atoms with Gasteiger partial charge in [0.2, 0.25) is 29.4 Å². The Labute approximate surface area is 304 Å². The number of fused-ring (bicyclic) bond motifs is 1. The van der Waals surface area contributed by atoms with Crippen molar-refractivity contribution in [3.8, 4) is 17.2 Å². The van der Waals surface area contributed by atoms with E-state index in [2.05, 4.69) is 20.6 Å². The van der Waals surface area contributed by atoms with Crippen molar-refractivity contribution in [2.24, 2.45) is 11.8 Å². The molecule has 0 saturated heterocycles. The second-order valence-corrected chi connectivity index (χ2v) is 12.7. The summed E-state index contributed by atoms with van der Waals surface area (Å²) in [6.45, 7) is 5.96. The molecule has 0 aliphatic rings. The lowest BCUT2D eigenvalue weighted by Gasteiger charge is -2.23. The third kappa shape index (κ3) is 12.0. The Hall–Kier alpha value is -5.63. The van der Waals surface area contributed by atoms with E-state index < -0.39 is 17.9 Å². The number of carbonyl (C=O) groups is 3. The number of carbonyl (C=O) groups excluding carboxylic acids is 3. The fraction of sp³-hybridized carbons (Fsp3) is 0.395. The number of rotatable bonds is 16. The Balaban J connectivity index is 0.000000302. The molecule has 0 saturated carbocycles. The average molecular weight is 718 g/mol. The number of aromatic nitrogens is 2. The first-order valence-electron chi connectivity index (χ1n) is 17.1. The van der Waals surface area contributed by atoms with E-state index in [4.69, 9.17) is 30.9 Å². The average Bonchev–Trinajstić information content (AvgIpc) is 3.13. The topological polar surface area (TPSA) is 213 Å². The van der Waals surface area contributed by atoms with Crippen molar-refractivity contribution in [2.75, 3.05) is 38.1 Å². The van der Waals surface area contributed by atoms with Crippen LogP contribution in [0.2, 0.25) is 0 Å². The van der Waals surface area contributed by atoms with Gasteiger partial charge in [0.05, 0.1) is 21.3 Å². The fourth-order valence-electron chi connectivity index (χ4n) is 5.56. The van der Waals surface area contributed by atoms with Crippen molar-refractivity contribution in [3.05, 3.63) is 71.9 Å². The van der Waals surface area contributed by atoms with Gasteiger partial charge in [0.1, 0.15) is 11.9 Å². The quantitative estimate of drug-likeness (QED) is 0.0649. The maximum absolute atomic E-state index is 13.0. The second-order valence-electron chi connectivity index (χ2n) is 12.7. The number of nitrogens with one attached hydrogen (secondary N) is 3. The predicted molar refractivity (Wildman–Crippen MR) is 201 cm³/mol. The Morgan fingerprint density at radius 1 is 0.904 bits per heavy atom. The van der Waals surface area contributed by atoms with Gasteiger partial charge in [0.25, 0.3) is 0 Å². The zero-order valence-corrected chi connectivity index (χ0v) is 30.7. The van der Waals surface area contributed by atoms with E-state index in [9.17, 15) is 14.4 Å². The van der Waals surface area contributed by atoms with E-state index >= 15 is 0 Å². The van der Waals surface area contributed by atoms with Gasteiger partial charge in [0.15, 0.2) is 11.5 Å². The van der Waals surface area contributed by atoms with Crippen LogP contribution >= 0.6 is 0 Å². The van der Waals surface area contributed by atoms with Crippen LogP contribution in [0.4, 0.5) is 17.5 Å². The molecule has 14 heteroatoms. The molecule has 280 valence electrons. The first-order chi connectivity index (χ1) is 24.9. The Bertz CT molecular complexity index is 1780. The van der Waals surface area contributed by atoms with Crippen molar-refractivity contribution in [1.29, 1.82) is 0 Å². The molecule has 2 atom stereocenters. The zero-order chi connectivity index (χ0) is 38.2. The number of hydrogen-bond donors (Lipinski definition) is 6. The maximum Gasteiger partial charge on any atom is 0.246 e. The fourth-order valence-corrected chi connectivity index (χ4v) is 5.56. The molecule has 0 radical (unpaired) electrons. The maximum atomic E-state index is 13.0. The number of amides is 3. The summed E-state index contributed by atoms with van der Waals surface area (Å²) < 4.78 is 15.9. The van der Waals surface area contributed by atoms with Crippen molar-refractivity contribution in [2.45, 2.75) is 65.3 Å². The van der Waals surface area contributed by atoms with Crippen molar-refractivity contribution >= 4 is 45.9 Å². The van der Waals surface area contributed by atoms with Crippen molar-refractivity contribution in [1.82, 2.24) is 20.8 Å². The number of hydroxylamine groups is 1. The molecule has 0 aliphatic carbocycles. The molecule has 4 aromatic rings. The smallest absolute Gasteiger partial charge is 0.246 e. The van der Waals surface area contributed by atoms with Crippen LogP contribution in [-0.4, -0.2) is 60.3 Å². The Morgan fingerprint density at radius 2 is 1.58 bits per heavy atom. The zero-order valence-electron chi connectivity index (χ0n) is 30.7. The number of anilines is 3. The first kappa shape index (κ1) is 40.8. The predicted octanol–water partition coefficient (Wildman–Crippen LogP) is 5.27. The van der Waals surface area contributed by atoms with Gasteiger partial charge in [-0.1, -0.05) is 63.9 Å². The number of methoxy groups -OCH3 is 3. The van der Waals surface area contributed by atoms with Gasteiger partial charge in [-0.2, -0.15) is 4.98 Å². The minimum Gasteiger partial charge on any atom is -0.493 e. The molecule has 1 aromatic heterocycles. The normalized spacial score (nSPS) is 11.8. The molecule has 1 heterocycles. The SMILES string of the molecule is CCCC[C@H](CC(=O)NO)C(=O)N[C@@H](CC(C)C)C(=O)Nc1ccc2ccccc2c1.COc1cc(Cc2cnc(N)nc2N)cc(OC)c1OC. The summed E-state index contributed by atoms with van der Waals surface area (Å²) in [5.74, 6) is 0.552. The molecular weight excluding hydrogens is 666 g/mol. The van der Waals surface area contributed by atoms with E-state index in [1.165, 1.54) is 0 Å². The van der Waals surface area contributed by atoms with E-state index in [1.54, 1.807) is 33.0 Å². The molecule has 4 rings (SSSR count). The van der Waals surface area contributed by atoms with Crippen LogP contribution in [0.25, 0.3) is 10.8 Å². The molecule has 8 N–H and O–H groups in total. The Morgan fingerprint density at radius 3 is 2.15 bits per heavy atom. The van der Waals surface area contributed by atoms with Gasteiger partial charge in [-0.3, -0.25) is 19.6 Å². The van der Waals surface area contributed by atoms with Gasteiger partial charge in [0, 0.05) is 36.2 Å². The summed E-state index contributed by atoms with van der Waals surface area (Å²) in [7, 11) is 4.70. The third-order valence-electron chi connectivity index (χ3n) is 8.23. The highest BCUT2D eigenvalue weighted by atomic mass is 16.5. The van der Waals surface area contributed by atoms with Crippen LogP contribution < -0.4 is 41.8 Å². The van der Waals surface area contributed by atoms with Crippen molar-refractivity contribution in [3.63, 3.8) is 0 Å². The minimum atomic E-state index is -0.722. The lowest BCUT2D eigenvalue weighted by Crippen LogP contribution is -2.47. The highest BCUT2D eigenvalue weighted by molar-refractivity contribution is 5.99. The summed E-state index contributed by atoms with van der Waals surface area (Å²) in [5, 5.41) is 16.7. The Kier molecular flexibility index (Phi) is 15.9. The number of unbranched alkanes of at least 4 members (excludes halogenated alkanes) is 1. The molecule has 0 spiro atoms. The summed E-state index contributed by atoms with van der Waals surface area (Å²) in [6.07, 6.45) is 4.65. The molecule has 14 nitrogen and oxygen atoms in total. The van der Waals surface area contributed by atoms with E-state index in [0.717, 1.165) is 34.7 Å². The van der Waals surface area contributed by atoms with Gasteiger partial charge >= 0.3 is 0 Å². The summed E-state index contributed by atoms with van der Waals surface area (Å²) in [5.41, 5.74) is 15.3. The van der Waals surface area contributed by atoms with Crippen LogP contribution in [0.5, 0.6) is 17.2 Å². The largest absolute Gasteiger partial charge is 0.493 e. The highest BCUT2D eigenvalue weighted by Gasteiger charge is 2.27. The lowest BCUT2D eigenvalue weighted by atomic mass is 9.95. The van der Waals surface area contributed by atoms with Gasteiger partial charge in [-0.25, -0.2) is 10.5 Å². The standard InChI is InChI=1S/C24H33N3O4.C14H18N4O3/c1-4-5-8-19(15-22(28)27-31)23(29)26-21(13-16(2)3)24(30)25-20-12-11-17-9-6-7-10-18(17)14-20;1-19-10-5-8(6-11(20-2)12(10)21-3)4-9-7-17-14(16)18-13(9)15/h6-7,9-12,14,16,19,21,31H,4-5,8,13,15H2,1-3H3,(H,25,30)(H,26,29)(H,27,28);5-7H,4H2,1-3H3,(H4,15,16,17,18)/t19-,21+;/m1./s1. The molecule has 0 unspecified atom stereocenters. The summed E-state index contributed by atoms with van der Waals surface area (Å²) in [6, 6.07) is 16.5. The lowest BCUT2D eigenvalue weighted by molar-refractivity contribution is -0.136. The molecule has 0 bridgehead atoms. The van der Waals surface area contributed by atoms with E-state index in [0.29, 0.717) is 48.0 Å². The number of ether oxygens (including phenoxy) is 3. The number of benzene rings is 3. The van der Waals surface area contributed by atoms with Crippen LogP contribution in [-0.2, 0) is 20.8 Å². The van der Waals surface area contributed by atoms with Crippen LogP contribution in [0.15, 0.2) is 60.8 Å². The van der Waals surface area contributed by atoms with E-state index in [-0.39, 0.29) is 30.1 Å². The molecule has 0 fully saturated rings. The van der Waals surface area contributed by atoms with Crippen molar-refractivity contribution < 1.29 is 33.8 Å². The number of nitrogen functional groups attached to an aromatic ring is 2. The first-order valence-corrected chi connectivity index (χ1v) is 17.1. The van der Waals surface area contributed by atoms with Crippen LogP contribution in [0.3, 0.4) is 0 Å². The number of nitrogens with zero attached hydrogens (tertiary/aromatic N) is 2. The van der Waals surface area contributed by atoms with Gasteiger partial charge in [-0.05, 0) is 59.4 Å². The number of nitrogens with two attached hydrogens (primary N) is 2. The highest BCUT2D eigenvalue weighted by Crippen LogP contribution is 2.39. The van der Waals surface area contributed by atoms with Crippen LogP contribution in [0.1, 0.15) is 64.0 Å². The van der Waals surface area contributed by atoms with Crippen LogP contribution in [0, 0.1) is 11.8 Å². The van der Waals surface area contributed by atoms with Gasteiger partial charge in [-0.15, -0.1) is 0 Å².